The molecule has 0 saturated carbocycles. The summed E-state index contributed by atoms with van der Waals surface area (Å²) in [5.74, 6) is 0.634. The molecule has 0 bridgehead atoms. The number of methoxy groups -OCH3 is 1. The first-order chi connectivity index (χ1) is 11.6. The van der Waals surface area contributed by atoms with E-state index >= 15 is 0 Å². The van der Waals surface area contributed by atoms with Gasteiger partial charge in [-0.3, -0.25) is 4.90 Å². The average Bonchev–Trinajstić information content (AvgIpc) is 2.57. The van der Waals surface area contributed by atoms with Crippen molar-refractivity contribution in [3.63, 3.8) is 0 Å². The largest absolute Gasteiger partial charge is 0.512 e. The number of esters is 1. The lowest BCUT2D eigenvalue weighted by Gasteiger charge is -2.29. The third-order valence-corrected chi connectivity index (χ3v) is 4.55. The monoisotopic (exact) mass is 329 g/mol. The molecule has 0 saturated heterocycles. The summed E-state index contributed by atoms with van der Waals surface area (Å²) in [6, 6.07) is 6.10. The first-order valence-electron chi connectivity index (χ1n) is 8.31. The molecule has 2 aliphatic rings. The zero-order chi connectivity index (χ0) is 17.1. The quantitative estimate of drug-likeness (QED) is 0.813. The standard InChI is InChI=1S/C19H23NO4/c1-3-24-19(22)17-12-20(9-7-18(17)21)8-6-14-10-13-4-5-15(23-2)11-16(13)14/h4-5,10-11,21H,3,6-9,12H2,1-2H3. The number of benzene rings is 1. The number of carbonyl (C=O) groups excluding carboxylic acids is 1. The lowest BCUT2D eigenvalue weighted by atomic mass is 9.86. The maximum absolute atomic E-state index is 11.9. The predicted molar refractivity (Wildman–Crippen MR) is 92.8 cm³/mol. The van der Waals surface area contributed by atoms with Gasteiger partial charge in [-0.2, -0.15) is 0 Å². The van der Waals surface area contributed by atoms with Crippen molar-refractivity contribution in [1.29, 1.82) is 0 Å². The van der Waals surface area contributed by atoms with E-state index in [0.717, 1.165) is 25.3 Å². The van der Waals surface area contributed by atoms with Gasteiger partial charge < -0.3 is 14.6 Å². The van der Waals surface area contributed by atoms with Crippen molar-refractivity contribution < 1.29 is 19.4 Å². The number of rotatable bonds is 6. The molecule has 0 spiro atoms. The number of aliphatic hydroxyl groups is 1. The van der Waals surface area contributed by atoms with Crippen molar-refractivity contribution in [1.82, 2.24) is 4.90 Å². The molecule has 1 heterocycles. The maximum Gasteiger partial charge on any atom is 0.338 e. The van der Waals surface area contributed by atoms with E-state index in [1.54, 1.807) is 14.0 Å². The van der Waals surface area contributed by atoms with Crippen LogP contribution in [-0.2, 0) is 9.53 Å². The summed E-state index contributed by atoms with van der Waals surface area (Å²) < 4.78 is 10.3. The maximum atomic E-state index is 11.9. The van der Waals surface area contributed by atoms with Gasteiger partial charge in [-0.05, 0) is 42.2 Å². The number of nitrogens with zero attached hydrogens (tertiary/aromatic N) is 1. The van der Waals surface area contributed by atoms with Crippen LogP contribution in [0.15, 0.2) is 29.5 Å². The minimum atomic E-state index is -0.405. The molecule has 0 aromatic heterocycles. The highest BCUT2D eigenvalue weighted by atomic mass is 16.5. The normalized spacial score (nSPS) is 17.0. The molecule has 0 unspecified atom stereocenters. The van der Waals surface area contributed by atoms with E-state index in [-0.39, 0.29) is 5.76 Å². The van der Waals surface area contributed by atoms with Gasteiger partial charge >= 0.3 is 5.97 Å². The van der Waals surface area contributed by atoms with Crippen LogP contribution in [0, 0.1) is 0 Å². The van der Waals surface area contributed by atoms with Gasteiger partial charge in [0.2, 0.25) is 0 Å². The topological polar surface area (TPSA) is 59.0 Å². The average molecular weight is 329 g/mol. The summed E-state index contributed by atoms with van der Waals surface area (Å²) in [5, 5.41) is 9.93. The van der Waals surface area contributed by atoms with Crippen molar-refractivity contribution in [2.24, 2.45) is 0 Å². The third-order valence-electron chi connectivity index (χ3n) is 4.55. The lowest BCUT2D eigenvalue weighted by molar-refractivity contribution is -0.139. The molecule has 0 amide bonds. The second-order valence-electron chi connectivity index (χ2n) is 6.04. The van der Waals surface area contributed by atoms with Crippen molar-refractivity contribution >= 4 is 17.6 Å². The van der Waals surface area contributed by atoms with E-state index in [2.05, 4.69) is 23.1 Å². The van der Waals surface area contributed by atoms with Crippen LogP contribution >= 0.6 is 0 Å². The Hall–Kier alpha value is -2.27. The summed E-state index contributed by atoms with van der Waals surface area (Å²) in [7, 11) is 1.67. The minimum Gasteiger partial charge on any atom is -0.512 e. The van der Waals surface area contributed by atoms with Gasteiger partial charge in [-0.25, -0.2) is 4.79 Å². The first-order valence-corrected chi connectivity index (χ1v) is 8.31. The van der Waals surface area contributed by atoms with Gasteiger partial charge in [-0.1, -0.05) is 12.1 Å². The molecular formula is C19H23NO4. The van der Waals surface area contributed by atoms with Crippen LogP contribution in [0.4, 0.5) is 0 Å². The highest BCUT2D eigenvalue weighted by Gasteiger charge is 2.25. The first kappa shape index (κ1) is 16.6. The van der Waals surface area contributed by atoms with Crippen LogP contribution in [-0.4, -0.2) is 49.3 Å². The van der Waals surface area contributed by atoms with E-state index in [1.807, 2.05) is 6.07 Å². The molecule has 0 atom stereocenters. The van der Waals surface area contributed by atoms with E-state index in [9.17, 15) is 9.90 Å². The fraction of sp³-hybridized carbons (Fsp3) is 0.421. The van der Waals surface area contributed by atoms with E-state index < -0.39 is 5.97 Å². The fourth-order valence-corrected chi connectivity index (χ4v) is 3.14. The number of ether oxygens (including phenoxy) is 2. The number of carbonyl (C=O) groups is 1. The van der Waals surface area contributed by atoms with Crippen molar-refractivity contribution in [2.45, 2.75) is 19.8 Å². The predicted octanol–water partition coefficient (Wildman–Crippen LogP) is 3.02. The van der Waals surface area contributed by atoms with Crippen molar-refractivity contribution in [2.75, 3.05) is 33.4 Å². The van der Waals surface area contributed by atoms with Crippen LogP contribution in [0.2, 0.25) is 0 Å². The number of hydrogen-bond donors (Lipinski definition) is 1. The Kier molecular flexibility index (Phi) is 4.90. The smallest absolute Gasteiger partial charge is 0.338 e. The second-order valence-corrected chi connectivity index (χ2v) is 6.04. The molecule has 1 aliphatic heterocycles. The zero-order valence-corrected chi connectivity index (χ0v) is 14.2. The molecule has 3 rings (SSSR count). The van der Waals surface area contributed by atoms with Gasteiger partial charge in [-0.15, -0.1) is 0 Å². The Labute approximate surface area is 142 Å². The summed E-state index contributed by atoms with van der Waals surface area (Å²) in [6.07, 6.45) is 3.60. The Morgan fingerprint density at radius 1 is 1.38 bits per heavy atom. The lowest BCUT2D eigenvalue weighted by Crippen LogP contribution is -2.35. The molecule has 0 fully saturated rings. The summed E-state index contributed by atoms with van der Waals surface area (Å²) in [5.41, 5.74) is 4.19. The van der Waals surface area contributed by atoms with Crippen LogP contribution < -0.4 is 4.74 Å². The van der Waals surface area contributed by atoms with Gasteiger partial charge in [0.05, 0.1) is 19.3 Å². The molecule has 0 radical (unpaired) electrons. The molecule has 5 heteroatoms. The molecular weight excluding hydrogens is 306 g/mol. The van der Waals surface area contributed by atoms with E-state index in [0.29, 0.717) is 25.1 Å². The van der Waals surface area contributed by atoms with Gasteiger partial charge in [0.15, 0.2) is 0 Å². The zero-order valence-electron chi connectivity index (χ0n) is 14.2. The second kappa shape index (κ2) is 7.09. The Bertz CT molecular complexity index is 705. The Balaban J connectivity index is 1.57. The molecule has 1 N–H and O–H groups in total. The molecule has 1 aliphatic carbocycles. The Morgan fingerprint density at radius 3 is 2.96 bits per heavy atom. The number of fused-ring (bicyclic) bond motifs is 1. The van der Waals surface area contributed by atoms with Gasteiger partial charge in [0.25, 0.3) is 0 Å². The molecule has 1 aromatic carbocycles. The Morgan fingerprint density at radius 2 is 2.21 bits per heavy atom. The van der Waals surface area contributed by atoms with Crippen LogP contribution in [0.3, 0.4) is 0 Å². The molecule has 1 aromatic rings. The van der Waals surface area contributed by atoms with Crippen LogP contribution in [0.1, 0.15) is 30.9 Å². The van der Waals surface area contributed by atoms with E-state index in [1.165, 1.54) is 16.7 Å². The molecule has 5 nitrogen and oxygen atoms in total. The fourth-order valence-electron chi connectivity index (χ4n) is 3.14. The van der Waals surface area contributed by atoms with Gasteiger partial charge in [0.1, 0.15) is 11.5 Å². The number of hydrogen-bond acceptors (Lipinski definition) is 5. The molecule has 24 heavy (non-hydrogen) atoms. The van der Waals surface area contributed by atoms with E-state index in [4.69, 9.17) is 9.47 Å². The van der Waals surface area contributed by atoms with Crippen molar-refractivity contribution in [3.8, 4) is 5.75 Å². The van der Waals surface area contributed by atoms with Crippen LogP contribution in [0.5, 0.6) is 5.75 Å². The van der Waals surface area contributed by atoms with Crippen molar-refractivity contribution in [3.05, 3.63) is 40.7 Å². The summed E-state index contributed by atoms with van der Waals surface area (Å²) in [4.78, 5) is 14.1. The third kappa shape index (κ3) is 3.31. The van der Waals surface area contributed by atoms with Crippen LogP contribution in [0.25, 0.3) is 11.6 Å². The minimum absolute atomic E-state index is 0.169. The molecule has 128 valence electrons. The highest BCUT2D eigenvalue weighted by molar-refractivity contribution is 5.96. The number of aliphatic hydroxyl groups excluding tert-OH is 1. The van der Waals surface area contributed by atoms with Gasteiger partial charge in [0, 0.05) is 26.1 Å². The summed E-state index contributed by atoms with van der Waals surface area (Å²) >= 11 is 0. The summed E-state index contributed by atoms with van der Waals surface area (Å²) in [6.45, 7) is 4.14. The SMILES string of the molecule is CCOC(=O)C1=C(O)CCN(CCC2=Cc3ccc(OC)cc32)C1. The highest BCUT2D eigenvalue weighted by Crippen LogP contribution is 2.37.